The zero-order valence-corrected chi connectivity index (χ0v) is 13.4. The fourth-order valence-corrected chi connectivity index (χ4v) is 2.46. The lowest BCUT2D eigenvalue weighted by molar-refractivity contribution is 0.0907. The molecule has 1 aromatic carbocycles. The lowest BCUT2D eigenvalue weighted by Gasteiger charge is -2.14. The van der Waals surface area contributed by atoms with Crippen LogP contribution in [0.15, 0.2) is 47.1 Å². The SMILES string of the molecule is Cc1nc(C)n(-c2ccc(C(=O)NC(CO)c3ccco3)cc2)n1. The van der Waals surface area contributed by atoms with E-state index < -0.39 is 6.04 Å². The number of aliphatic hydroxyl groups excluding tert-OH is 1. The Balaban J connectivity index is 1.75. The van der Waals surface area contributed by atoms with Crippen molar-refractivity contribution >= 4 is 5.91 Å². The standard InChI is InChI=1S/C17H18N4O3/c1-11-18-12(2)21(20-11)14-7-5-13(6-8-14)17(23)19-15(10-22)16-4-3-9-24-16/h3-9,15,22H,10H2,1-2H3,(H,19,23). The van der Waals surface area contributed by atoms with E-state index in [1.807, 2.05) is 13.8 Å². The van der Waals surface area contributed by atoms with E-state index in [2.05, 4.69) is 15.4 Å². The molecule has 1 amide bonds. The molecule has 0 aliphatic carbocycles. The van der Waals surface area contributed by atoms with Gasteiger partial charge in [-0.25, -0.2) is 9.67 Å². The number of aryl methyl sites for hydroxylation is 2. The number of carbonyl (C=O) groups is 1. The molecule has 2 aromatic heterocycles. The predicted octanol–water partition coefficient (Wildman–Crippen LogP) is 1.94. The van der Waals surface area contributed by atoms with Crippen molar-refractivity contribution in [2.24, 2.45) is 0 Å². The Morgan fingerprint density at radius 2 is 2.04 bits per heavy atom. The average molecular weight is 326 g/mol. The fraction of sp³-hybridized carbons (Fsp3) is 0.235. The van der Waals surface area contributed by atoms with Gasteiger partial charge in [-0.15, -0.1) is 0 Å². The van der Waals surface area contributed by atoms with Crippen molar-refractivity contribution in [2.45, 2.75) is 19.9 Å². The van der Waals surface area contributed by atoms with Crippen LogP contribution in [0.3, 0.4) is 0 Å². The lowest BCUT2D eigenvalue weighted by atomic mass is 10.1. The highest BCUT2D eigenvalue weighted by atomic mass is 16.3. The molecule has 0 radical (unpaired) electrons. The summed E-state index contributed by atoms with van der Waals surface area (Å²) in [5, 5.41) is 16.5. The van der Waals surface area contributed by atoms with Crippen molar-refractivity contribution < 1.29 is 14.3 Å². The smallest absolute Gasteiger partial charge is 0.251 e. The lowest BCUT2D eigenvalue weighted by Crippen LogP contribution is -2.30. The van der Waals surface area contributed by atoms with E-state index >= 15 is 0 Å². The molecule has 1 atom stereocenters. The molecule has 0 saturated heterocycles. The van der Waals surface area contributed by atoms with Crippen LogP contribution in [0.5, 0.6) is 0 Å². The number of rotatable bonds is 5. The summed E-state index contributed by atoms with van der Waals surface area (Å²) in [4.78, 5) is 16.6. The minimum absolute atomic E-state index is 0.241. The fourth-order valence-electron chi connectivity index (χ4n) is 2.46. The number of hydrogen-bond acceptors (Lipinski definition) is 5. The first kappa shape index (κ1) is 15.9. The van der Waals surface area contributed by atoms with E-state index in [9.17, 15) is 9.90 Å². The molecular formula is C17H18N4O3. The van der Waals surface area contributed by atoms with Gasteiger partial charge in [-0.2, -0.15) is 5.10 Å². The summed E-state index contributed by atoms with van der Waals surface area (Å²) in [6, 6.07) is 9.86. The molecule has 124 valence electrons. The summed E-state index contributed by atoms with van der Waals surface area (Å²) >= 11 is 0. The molecule has 3 rings (SSSR count). The summed E-state index contributed by atoms with van der Waals surface area (Å²) in [6.07, 6.45) is 1.50. The number of furan rings is 1. The highest BCUT2D eigenvalue weighted by Crippen LogP contribution is 2.15. The van der Waals surface area contributed by atoms with Gasteiger partial charge in [-0.05, 0) is 50.2 Å². The number of nitrogens with one attached hydrogen (secondary N) is 1. The third kappa shape index (κ3) is 3.21. The predicted molar refractivity (Wildman–Crippen MR) is 86.8 cm³/mol. The first-order chi connectivity index (χ1) is 11.6. The summed E-state index contributed by atoms with van der Waals surface area (Å²) in [5.74, 6) is 1.70. The second-order valence-electron chi connectivity index (χ2n) is 5.39. The molecule has 1 unspecified atom stereocenters. The van der Waals surface area contributed by atoms with Crippen LogP contribution in [0.2, 0.25) is 0 Å². The second-order valence-corrected chi connectivity index (χ2v) is 5.39. The first-order valence-electron chi connectivity index (χ1n) is 7.54. The van der Waals surface area contributed by atoms with Crippen molar-refractivity contribution in [3.05, 3.63) is 65.6 Å². The van der Waals surface area contributed by atoms with Crippen LogP contribution in [0.1, 0.15) is 33.8 Å². The van der Waals surface area contributed by atoms with E-state index in [0.29, 0.717) is 17.1 Å². The van der Waals surface area contributed by atoms with Crippen molar-refractivity contribution in [3.8, 4) is 5.69 Å². The minimum atomic E-state index is -0.576. The Hall–Kier alpha value is -2.93. The molecule has 24 heavy (non-hydrogen) atoms. The van der Waals surface area contributed by atoms with Gasteiger partial charge < -0.3 is 14.8 Å². The number of aromatic nitrogens is 3. The minimum Gasteiger partial charge on any atom is -0.467 e. The number of benzene rings is 1. The van der Waals surface area contributed by atoms with Gasteiger partial charge in [-0.1, -0.05) is 0 Å². The van der Waals surface area contributed by atoms with E-state index in [4.69, 9.17) is 4.42 Å². The molecule has 7 nitrogen and oxygen atoms in total. The molecule has 0 saturated carbocycles. The summed E-state index contributed by atoms with van der Waals surface area (Å²) in [6.45, 7) is 3.46. The molecule has 0 fully saturated rings. The van der Waals surface area contributed by atoms with E-state index in [0.717, 1.165) is 11.5 Å². The molecule has 7 heteroatoms. The molecule has 0 aliphatic rings. The topological polar surface area (TPSA) is 93.2 Å². The first-order valence-corrected chi connectivity index (χ1v) is 7.54. The monoisotopic (exact) mass is 326 g/mol. The number of carbonyl (C=O) groups excluding carboxylic acids is 1. The van der Waals surface area contributed by atoms with Gasteiger partial charge in [0.15, 0.2) is 0 Å². The van der Waals surface area contributed by atoms with Crippen molar-refractivity contribution in [1.82, 2.24) is 20.1 Å². The average Bonchev–Trinajstić information content (AvgIpc) is 3.22. The van der Waals surface area contributed by atoms with Crippen molar-refractivity contribution in [3.63, 3.8) is 0 Å². The number of amides is 1. The Bertz CT molecular complexity index is 822. The van der Waals surface area contributed by atoms with Gasteiger partial charge in [0.1, 0.15) is 23.5 Å². The van der Waals surface area contributed by atoms with Crippen LogP contribution in [-0.2, 0) is 0 Å². The van der Waals surface area contributed by atoms with Crippen LogP contribution in [0, 0.1) is 13.8 Å². The molecule has 0 bridgehead atoms. The van der Waals surface area contributed by atoms with Gasteiger partial charge in [-0.3, -0.25) is 4.79 Å². The third-order valence-electron chi connectivity index (χ3n) is 3.62. The molecule has 3 aromatic rings. The molecule has 0 aliphatic heterocycles. The summed E-state index contributed by atoms with van der Waals surface area (Å²) in [7, 11) is 0. The van der Waals surface area contributed by atoms with Crippen LogP contribution >= 0.6 is 0 Å². The van der Waals surface area contributed by atoms with Crippen LogP contribution in [-0.4, -0.2) is 32.4 Å². The Labute approximate surface area is 138 Å². The maximum Gasteiger partial charge on any atom is 0.251 e. The van der Waals surface area contributed by atoms with Gasteiger partial charge >= 0.3 is 0 Å². The molecular weight excluding hydrogens is 308 g/mol. The largest absolute Gasteiger partial charge is 0.467 e. The Kier molecular flexibility index (Phi) is 4.43. The normalized spacial score (nSPS) is 12.1. The molecule has 0 spiro atoms. The zero-order valence-electron chi connectivity index (χ0n) is 13.4. The summed E-state index contributed by atoms with van der Waals surface area (Å²) < 4.78 is 6.94. The van der Waals surface area contributed by atoms with Crippen LogP contribution in [0.4, 0.5) is 0 Å². The highest BCUT2D eigenvalue weighted by molar-refractivity contribution is 5.94. The summed E-state index contributed by atoms with van der Waals surface area (Å²) in [5.41, 5.74) is 1.31. The quantitative estimate of drug-likeness (QED) is 0.747. The van der Waals surface area contributed by atoms with Gasteiger partial charge in [0.05, 0.1) is 18.6 Å². The maximum atomic E-state index is 12.3. The van der Waals surface area contributed by atoms with Gasteiger partial charge in [0.2, 0.25) is 0 Å². The zero-order chi connectivity index (χ0) is 17.1. The van der Waals surface area contributed by atoms with Gasteiger partial charge in [0, 0.05) is 5.56 Å². The maximum absolute atomic E-state index is 12.3. The number of hydrogen-bond donors (Lipinski definition) is 2. The number of aliphatic hydroxyl groups is 1. The van der Waals surface area contributed by atoms with Gasteiger partial charge in [0.25, 0.3) is 5.91 Å². The molecule has 2 N–H and O–H groups in total. The van der Waals surface area contributed by atoms with Crippen LogP contribution < -0.4 is 5.32 Å². The van der Waals surface area contributed by atoms with Crippen molar-refractivity contribution in [2.75, 3.05) is 6.61 Å². The Morgan fingerprint density at radius 3 is 2.58 bits per heavy atom. The van der Waals surface area contributed by atoms with E-state index in [1.165, 1.54) is 6.26 Å². The third-order valence-corrected chi connectivity index (χ3v) is 3.62. The number of nitrogens with zero attached hydrogens (tertiary/aromatic N) is 3. The molecule has 2 heterocycles. The second kappa shape index (κ2) is 6.67. The Morgan fingerprint density at radius 1 is 1.29 bits per heavy atom. The van der Waals surface area contributed by atoms with Crippen molar-refractivity contribution in [1.29, 1.82) is 0 Å². The van der Waals surface area contributed by atoms with Crippen LogP contribution in [0.25, 0.3) is 5.69 Å². The highest BCUT2D eigenvalue weighted by Gasteiger charge is 2.17. The van der Waals surface area contributed by atoms with E-state index in [-0.39, 0.29) is 12.5 Å². The van der Waals surface area contributed by atoms with E-state index in [1.54, 1.807) is 41.1 Å².